The van der Waals surface area contributed by atoms with Gasteiger partial charge in [0.2, 0.25) is 0 Å². The molecule has 124 valence electrons. The van der Waals surface area contributed by atoms with Crippen LogP contribution in [0.3, 0.4) is 0 Å². The zero-order valence-electron chi connectivity index (χ0n) is 13.7. The first-order chi connectivity index (χ1) is 12.2. The van der Waals surface area contributed by atoms with Crippen molar-refractivity contribution in [3.05, 3.63) is 78.1 Å². The number of fused-ring (bicyclic) bond motifs is 2. The Morgan fingerprint density at radius 2 is 1.76 bits per heavy atom. The van der Waals surface area contributed by atoms with E-state index in [1.54, 1.807) is 12.1 Å². The Balaban J connectivity index is 1.59. The molecule has 3 N–H and O–H groups in total. The van der Waals surface area contributed by atoms with Gasteiger partial charge in [0.1, 0.15) is 5.82 Å². The molecule has 0 saturated heterocycles. The molecule has 4 heteroatoms. The zero-order valence-corrected chi connectivity index (χ0v) is 13.7. The number of halogens is 1. The number of hydrogen-bond donors (Lipinski definition) is 2. The SMILES string of the molecule is Nc1ccc(NCCc2cccc3nc4ccccc4cc23)c(F)c1. The van der Waals surface area contributed by atoms with E-state index in [1.807, 2.05) is 30.3 Å². The van der Waals surface area contributed by atoms with E-state index in [9.17, 15) is 4.39 Å². The van der Waals surface area contributed by atoms with Crippen LogP contribution in [0.15, 0.2) is 66.7 Å². The molecule has 0 unspecified atom stereocenters. The number of anilines is 2. The maximum atomic E-state index is 13.9. The number of nitrogen functional groups attached to an aromatic ring is 1. The summed E-state index contributed by atoms with van der Waals surface area (Å²) in [7, 11) is 0. The zero-order chi connectivity index (χ0) is 17.2. The summed E-state index contributed by atoms with van der Waals surface area (Å²) in [5.41, 5.74) is 9.65. The minimum absolute atomic E-state index is 0.328. The van der Waals surface area contributed by atoms with Crippen molar-refractivity contribution in [2.45, 2.75) is 6.42 Å². The van der Waals surface area contributed by atoms with Crippen molar-refractivity contribution in [2.75, 3.05) is 17.6 Å². The summed E-state index contributed by atoms with van der Waals surface area (Å²) < 4.78 is 13.9. The van der Waals surface area contributed by atoms with Crippen molar-refractivity contribution in [3.8, 4) is 0 Å². The average Bonchev–Trinajstić information content (AvgIpc) is 2.62. The number of nitrogens with zero attached hydrogens (tertiary/aromatic N) is 1. The normalized spacial score (nSPS) is 11.1. The molecule has 4 rings (SSSR count). The molecule has 0 fully saturated rings. The lowest BCUT2D eigenvalue weighted by Crippen LogP contribution is -2.07. The topological polar surface area (TPSA) is 50.9 Å². The van der Waals surface area contributed by atoms with Gasteiger partial charge < -0.3 is 11.1 Å². The van der Waals surface area contributed by atoms with Gasteiger partial charge in [-0.15, -0.1) is 0 Å². The summed E-state index contributed by atoms with van der Waals surface area (Å²) in [5, 5.41) is 5.40. The van der Waals surface area contributed by atoms with Crippen LogP contribution in [0.5, 0.6) is 0 Å². The molecule has 0 spiro atoms. The number of aromatic nitrogens is 1. The number of para-hydroxylation sites is 1. The van der Waals surface area contributed by atoms with E-state index in [1.165, 1.54) is 11.6 Å². The quantitative estimate of drug-likeness (QED) is 0.418. The first-order valence-corrected chi connectivity index (χ1v) is 8.27. The number of benzene rings is 3. The fourth-order valence-corrected chi connectivity index (χ4v) is 3.08. The second kappa shape index (κ2) is 6.40. The highest BCUT2D eigenvalue weighted by Gasteiger charge is 2.06. The van der Waals surface area contributed by atoms with E-state index in [-0.39, 0.29) is 5.82 Å². The van der Waals surface area contributed by atoms with Crippen LogP contribution in [-0.2, 0) is 6.42 Å². The summed E-state index contributed by atoms with van der Waals surface area (Å²) in [6.07, 6.45) is 0.779. The Morgan fingerprint density at radius 3 is 2.64 bits per heavy atom. The van der Waals surface area contributed by atoms with Gasteiger partial charge in [0.05, 0.1) is 16.7 Å². The van der Waals surface area contributed by atoms with Crippen LogP contribution < -0.4 is 11.1 Å². The standard InChI is InChI=1S/C21H18FN3/c22-18-13-16(23)8-9-21(18)24-11-10-14-5-3-7-20-17(14)12-15-4-1-2-6-19(15)25-20/h1-9,12-13,24H,10-11,23H2. The van der Waals surface area contributed by atoms with E-state index >= 15 is 0 Å². The highest BCUT2D eigenvalue weighted by molar-refractivity contribution is 5.94. The minimum Gasteiger partial charge on any atom is -0.399 e. The fourth-order valence-electron chi connectivity index (χ4n) is 3.08. The highest BCUT2D eigenvalue weighted by Crippen LogP contribution is 2.23. The molecule has 3 aromatic carbocycles. The average molecular weight is 331 g/mol. The van der Waals surface area contributed by atoms with Gasteiger partial charge in [0, 0.05) is 23.0 Å². The predicted octanol–water partition coefficient (Wildman–Crippen LogP) is 4.76. The first-order valence-electron chi connectivity index (χ1n) is 8.27. The minimum atomic E-state index is -0.328. The Labute approximate surface area is 145 Å². The summed E-state index contributed by atoms with van der Waals surface area (Å²) >= 11 is 0. The lowest BCUT2D eigenvalue weighted by molar-refractivity contribution is 0.631. The van der Waals surface area contributed by atoms with Gasteiger partial charge in [0.15, 0.2) is 0 Å². The van der Waals surface area contributed by atoms with Gasteiger partial charge >= 0.3 is 0 Å². The Bertz CT molecular complexity index is 1060. The van der Waals surface area contributed by atoms with Crippen molar-refractivity contribution in [1.29, 1.82) is 0 Å². The third kappa shape index (κ3) is 3.11. The molecule has 0 aliphatic heterocycles. The molecular weight excluding hydrogens is 313 g/mol. The van der Waals surface area contributed by atoms with E-state index < -0.39 is 0 Å². The maximum absolute atomic E-state index is 13.9. The third-order valence-electron chi connectivity index (χ3n) is 4.35. The van der Waals surface area contributed by atoms with E-state index in [0.717, 1.165) is 28.2 Å². The van der Waals surface area contributed by atoms with Crippen LogP contribution in [0.25, 0.3) is 21.8 Å². The van der Waals surface area contributed by atoms with E-state index in [4.69, 9.17) is 10.7 Å². The summed E-state index contributed by atoms with van der Waals surface area (Å²) in [4.78, 5) is 4.73. The van der Waals surface area contributed by atoms with Crippen molar-refractivity contribution in [2.24, 2.45) is 0 Å². The summed E-state index contributed by atoms with van der Waals surface area (Å²) in [6.45, 7) is 0.632. The van der Waals surface area contributed by atoms with Crippen LogP contribution in [0.2, 0.25) is 0 Å². The molecule has 0 radical (unpaired) electrons. The third-order valence-corrected chi connectivity index (χ3v) is 4.35. The molecule has 1 aromatic heterocycles. The Hall–Kier alpha value is -3.14. The van der Waals surface area contributed by atoms with Gasteiger partial charge in [-0.25, -0.2) is 9.37 Å². The van der Waals surface area contributed by atoms with Crippen molar-refractivity contribution < 1.29 is 4.39 Å². The molecule has 1 heterocycles. The smallest absolute Gasteiger partial charge is 0.148 e. The Kier molecular flexibility index (Phi) is 3.94. The lowest BCUT2D eigenvalue weighted by atomic mass is 10.0. The second-order valence-corrected chi connectivity index (χ2v) is 6.08. The number of nitrogens with one attached hydrogen (secondary N) is 1. The van der Waals surface area contributed by atoms with Crippen LogP contribution in [-0.4, -0.2) is 11.5 Å². The van der Waals surface area contributed by atoms with E-state index in [2.05, 4.69) is 23.5 Å². The molecular formula is C21H18FN3. The fraction of sp³-hybridized carbons (Fsp3) is 0.0952. The number of hydrogen-bond acceptors (Lipinski definition) is 3. The molecule has 0 atom stereocenters. The van der Waals surface area contributed by atoms with Gasteiger partial charge in [-0.2, -0.15) is 0 Å². The number of pyridine rings is 1. The number of nitrogens with two attached hydrogens (primary N) is 1. The molecule has 0 amide bonds. The van der Waals surface area contributed by atoms with Gasteiger partial charge in [0.25, 0.3) is 0 Å². The van der Waals surface area contributed by atoms with Crippen molar-refractivity contribution in [1.82, 2.24) is 4.98 Å². The van der Waals surface area contributed by atoms with Gasteiger partial charge in [-0.1, -0.05) is 30.3 Å². The van der Waals surface area contributed by atoms with Gasteiger partial charge in [-0.3, -0.25) is 0 Å². The van der Waals surface area contributed by atoms with Crippen molar-refractivity contribution >= 4 is 33.2 Å². The summed E-state index contributed by atoms with van der Waals surface area (Å²) in [6, 6.07) is 21.1. The van der Waals surface area contributed by atoms with Crippen LogP contribution >= 0.6 is 0 Å². The van der Waals surface area contributed by atoms with E-state index in [0.29, 0.717) is 17.9 Å². The highest BCUT2D eigenvalue weighted by atomic mass is 19.1. The van der Waals surface area contributed by atoms with Gasteiger partial charge in [-0.05, 0) is 48.4 Å². The molecule has 3 nitrogen and oxygen atoms in total. The first kappa shape index (κ1) is 15.4. The Morgan fingerprint density at radius 1 is 0.920 bits per heavy atom. The molecule has 0 aliphatic rings. The molecule has 25 heavy (non-hydrogen) atoms. The van der Waals surface area contributed by atoms with Crippen LogP contribution in [0, 0.1) is 5.82 Å². The molecule has 0 aliphatic carbocycles. The predicted molar refractivity (Wildman–Crippen MR) is 102 cm³/mol. The molecule has 0 bridgehead atoms. The second-order valence-electron chi connectivity index (χ2n) is 6.08. The van der Waals surface area contributed by atoms with Crippen LogP contribution in [0.1, 0.15) is 5.56 Å². The lowest BCUT2D eigenvalue weighted by Gasteiger charge is -2.10. The largest absolute Gasteiger partial charge is 0.399 e. The van der Waals surface area contributed by atoms with Crippen molar-refractivity contribution in [3.63, 3.8) is 0 Å². The summed E-state index contributed by atoms with van der Waals surface area (Å²) in [5.74, 6) is -0.328. The maximum Gasteiger partial charge on any atom is 0.148 e. The van der Waals surface area contributed by atoms with Crippen LogP contribution in [0.4, 0.5) is 15.8 Å². The molecule has 4 aromatic rings. The number of rotatable bonds is 4. The molecule has 0 saturated carbocycles. The monoisotopic (exact) mass is 331 g/mol.